The molecule has 0 saturated heterocycles. The predicted molar refractivity (Wildman–Crippen MR) is 51.2 cm³/mol. The first kappa shape index (κ1) is 8.51. The van der Waals surface area contributed by atoms with Gasteiger partial charge in [-0.05, 0) is 18.6 Å². The number of halogens is 1. The highest BCUT2D eigenvalue weighted by Gasteiger charge is 2.22. The highest BCUT2D eigenvalue weighted by molar-refractivity contribution is 5.56. The third-order valence-corrected chi connectivity index (χ3v) is 2.59. The van der Waals surface area contributed by atoms with Gasteiger partial charge in [0.2, 0.25) is 0 Å². The Morgan fingerprint density at radius 2 is 2.31 bits per heavy atom. The lowest BCUT2D eigenvalue weighted by Crippen LogP contribution is -2.31. The van der Waals surface area contributed by atoms with Gasteiger partial charge in [-0.15, -0.1) is 0 Å². The molecule has 1 aromatic rings. The smallest absolute Gasteiger partial charge is 0.130 e. The van der Waals surface area contributed by atoms with Crippen molar-refractivity contribution in [3.63, 3.8) is 0 Å². The minimum Gasteiger partial charge on any atom is -0.374 e. The average molecular weight is 180 g/mol. The van der Waals surface area contributed by atoms with Crippen LogP contribution in [0.1, 0.15) is 18.0 Å². The fourth-order valence-electron chi connectivity index (χ4n) is 1.82. The summed E-state index contributed by atoms with van der Waals surface area (Å²) < 4.78 is 13.4. The SMILES string of the molecule is CN1CCC(N)c2c(F)cccc21. The van der Waals surface area contributed by atoms with Crippen LogP contribution in [0.15, 0.2) is 18.2 Å². The standard InChI is InChI=1S/C10H13FN2/c1-13-6-5-8(12)10-7(11)3-2-4-9(10)13/h2-4,8H,5-6,12H2,1H3. The second-order valence-electron chi connectivity index (χ2n) is 3.49. The Morgan fingerprint density at radius 1 is 1.54 bits per heavy atom. The van der Waals surface area contributed by atoms with E-state index in [1.165, 1.54) is 6.07 Å². The first-order valence-corrected chi connectivity index (χ1v) is 4.45. The van der Waals surface area contributed by atoms with Crippen LogP contribution in [0.3, 0.4) is 0 Å². The molecule has 13 heavy (non-hydrogen) atoms. The van der Waals surface area contributed by atoms with Crippen LogP contribution in [0.5, 0.6) is 0 Å². The van der Waals surface area contributed by atoms with Crippen LogP contribution >= 0.6 is 0 Å². The monoisotopic (exact) mass is 180 g/mol. The van der Waals surface area contributed by atoms with Crippen molar-refractivity contribution in [3.8, 4) is 0 Å². The molecule has 70 valence electrons. The quantitative estimate of drug-likeness (QED) is 0.658. The van der Waals surface area contributed by atoms with E-state index in [1.54, 1.807) is 6.07 Å². The lowest BCUT2D eigenvalue weighted by molar-refractivity contribution is 0.545. The molecule has 0 radical (unpaired) electrons. The summed E-state index contributed by atoms with van der Waals surface area (Å²) in [4.78, 5) is 2.04. The molecule has 1 aliphatic rings. The Hall–Kier alpha value is -1.09. The van der Waals surface area contributed by atoms with Crippen molar-refractivity contribution in [1.82, 2.24) is 0 Å². The summed E-state index contributed by atoms with van der Waals surface area (Å²) in [6.07, 6.45) is 0.824. The first-order chi connectivity index (χ1) is 6.20. The van der Waals surface area contributed by atoms with Crippen LogP contribution in [-0.2, 0) is 0 Å². The summed E-state index contributed by atoms with van der Waals surface area (Å²) >= 11 is 0. The largest absolute Gasteiger partial charge is 0.374 e. The van der Waals surface area contributed by atoms with Crippen LogP contribution in [0.25, 0.3) is 0 Å². The van der Waals surface area contributed by atoms with Crippen LogP contribution in [0.2, 0.25) is 0 Å². The summed E-state index contributed by atoms with van der Waals surface area (Å²) in [5.74, 6) is -0.184. The predicted octanol–water partition coefficient (Wildman–Crippen LogP) is 1.67. The van der Waals surface area contributed by atoms with E-state index < -0.39 is 0 Å². The van der Waals surface area contributed by atoms with Gasteiger partial charge in [-0.2, -0.15) is 0 Å². The molecule has 1 aliphatic heterocycles. The molecule has 0 aromatic heterocycles. The van der Waals surface area contributed by atoms with E-state index in [1.807, 2.05) is 18.0 Å². The first-order valence-electron chi connectivity index (χ1n) is 4.45. The topological polar surface area (TPSA) is 29.3 Å². The fraction of sp³-hybridized carbons (Fsp3) is 0.400. The molecule has 0 bridgehead atoms. The highest BCUT2D eigenvalue weighted by atomic mass is 19.1. The number of fused-ring (bicyclic) bond motifs is 1. The van der Waals surface area contributed by atoms with E-state index >= 15 is 0 Å². The molecule has 0 aliphatic carbocycles. The summed E-state index contributed by atoms with van der Waals surface area (Å²) in [6.45, 7) is 0.900. The molecule has 2 nitrogen and oxygen atoms in total. The normalized spacial score (nSPS) is 21.5. The molecule has 3 heteroatoms. The maximum absolute atomic E-state index is 13.4. The average Bonchev–Trinajstić information content (AvgIpc) is 2.12. The number of rotatable bonds is 0. The third kappa shape index (κ3) is 1.29. The third-order valence-electron chi connectivity index (χ3n) is 2.59. The lowest BCUT2D eigenvalue weighted by Gasteiger charge is -2.31. The summed E-state index contributed by atoms with van der Waals surface area (Å²) in [7, 11) is 1.96. The van der Waals surface area contributed by atoms with Gasteiger partial charge >= 0.3 is 0 Å². The van der Waals surface area contributed by atoms with Gasteiger partial charge in [-0.1, -0.05) is 6.07 Å². The molecular weight excluding hydrogens is 167 g/mol. The zero-order valence-electron chi connectivity index (χ0n) is 7.63. The van der Waals surface area contributed by atoms with E-state index in [0.717, 1.165) is 18.7 Å². The Morgan fingerprint density at radius 3 is 3.00 bits per heavy atom. The molecule has 1 aromatic carbocycles. The van der Waals surface area contributed by atoms with Crippen molar-refractivity contribution in [1.29, 1.82) is 0 Å². The zero-order valence-corrected chi connectivity index (χ0v) is 7.63. The Kier molecular flexibility index (Phi) is 1.96. The maximum atomic E-state index is 13.4. The molecule has 2 rings (SSSR count). The van der Waals surface area contributed by atoms with E-state index in [2.05, 4.69) is 0 Å². The molecule has 2 N–H and O–H groups in total. The van der Waals surface area contributed by atoms with Crippen LogP contribution < -0.4 is 10.6 Å². The molecular formula is C10H13FN2. The number of hydrogen-bond donors (Lipinski definition) is 1. The van der Waals surface area contributed by atoms with Crippen molar-refractivity contribution in [2.75, 3.05) is 18.5 Å². The van der Waals surface area contributed by atoms with Crippen LogP contribution in [-0.4, -0.2) is 13.6 Å². The van der Waals surface area contributed by atoms with Crippen LogP contribution in [0.4, 0.5) is 10.1 Å². The molecule has 0 spiro atoms. The van der Waals surface area contributed by atoms with Gasteiger partial charge in [-0.3, -0.25) is 0 Å². The minimum atomic E-state index is -0.184. The van der Waals surface area contributed by atoms with Gasteiger partial charge in [0, 0.05) is 30.9 Å². The van der Waals surface area contributed by atoms with Gasteiger partial charge in [0.25, 0.3) is 0 Å². The van der Waals surface area contributed by atoms with E-state index in [-0.39, 0.29) is 11.9 Å². The number of nitrogens with two attached hydrogens (primary N) is 1. The Balaban J connectivity index is 2.56. The molecule has 0 saturated carbocycles. The van der Waals surface area contributed by atoms with E-state index in [4.69, 9.17) is 5.73 Å². The molecule has 0 amide bonds. The van der Waals surface area contributed by atoms with Crippen molar-refractivity contribution < 1.29 is 4.39 Å². The number of hydrogen-bond acceptors (Lipinski definition) is 2. The molecule has 1 unspecified atom stereocenters. The second-order valence-corrected chi connectivity index (χ2v) is 3.49. The second kappa shape index (κ2) is 3.00. The van der Waals surface area contributed by atoms with Crippen molar-refractivity contribution in [2.24, 2.45) is 5.73 Å². The Labute approximate surface area is 77.2 Å². The minimum absolute atomic E-state index is 0.146. The van der Waals surface area contributed by atoms with Gasteiger partial charge in [0.05, 0.1) is 0 Å². The van der Waals surface area contributed by atoms with E-state index in [0.29, 0.717) is 5.56 Å². The molecule has 1 heterocycles. The van der Waals surface area contributed by atoms with Gasteiger partial charge in [-0.25, -0.2) is 4.39 Å². The van der Waals surface area contributed by atoms with Crippen LogP contribution in [0, 0.1) is 5.82 Å². The summed E-state index contributed by atoms with van der Waals surface area (Å²) in [5.41, 5.74) is 7.44. The summed E-state index contributed by atoms with van der Waals surface area (Å²) in [5, 5.41) is 0. The van der Waals surface area contributed by atoms with Gasteiger partial charge < -0.3 is 10.6 Å². The van der Waals surface area contributed by atoms with Crippen molar-refractivity contribution in [3.05, 3.63) is 29.6 Å². The number of benzene rings is 1. The van der Waals surface area contributed by atoms with Crippen molar-refractivity contribution >= 4 is 5.69 Å². The zero-order chi connectivity index (χ0) is 9.42. The molecule has 1 atom stereocenters. The fourth-order valence-corrected chi connectivity index (χ4v) is 1.82. The molecule has 0 fully saturated rings. The Bertz CT molecular complexity index is 325. The van der Waals surface area contributed by atoms with Crippen molar-refractivity contribution in [2.45, 2.75) is 12.5 Å². The van der Waals surface area contributed by atoms with Gasteiger partial charge in [0.1, 0.15) is 5.82 Å². The van der Waals surface area contributed by atoms with Gasteiger partial charge in [0.15, 0.2) is 0 Å². The number of nitrogens with zero attached hydrogens (tertiary/aromatic N) is 1. The lowest BCUT2D eigenvalue weighted by atomic mass is 9.97. The highest BCUT2D eigenvalue weighted by Crippen LogP contribution is 2.32. The maximum Gasteiger partial charge on any atom is 0.130 e. The summed E-state index contributed by atoms with van der Waals surface area (Å²) in [6, 6.07) is 4.96. The van der Waals surface area contributed by atoms with E-state index in [9.17, 15) is 4.39 Å². The number of anilines is 1.